The average Bonchev–Trinajstić information content (AvgIpc) is 3.34. The number of hydrogen-bond donors (Lipinski definition) is 2. The van der Waals surface area contributed by atoms with Gasteiger partial charge in [-0.2, -0.15) is 0 Å². The molecule has 10 nitrogen and oxygen atoms in total. The van der Waals surface area contributed by atoms with Crippen molar-refractivity contribution in [3.05, 3.63) is 41.7 Å². The minimum Gasteiger partial charge on any atom is -0.383 e. The zero-order chi connectivity index (χ0) is 22.4. The van der Waals surface area contributed by atoms with Crippen LogP contribution in [0, 0.1) is 0 Å². The predicted octanol–water partition coefficient (Wildman–Crippen LogP) is 0.865. The third-order valence-electron chi connectivity index (χ3n) is 4.84. The van der Waals surface area contributed by atoms with Crippen LogP contribution in [0.3, 0.4) is 0 Å². The normalized spacial score (nSPS) is 18.1. The highest BCUT2D eigenvalue weighted by atomic mass is 19.1. The number of amides is 3. The van der Waals surface area contributed by atoms with E-state index in [0.29, 0.717) is 24.4 Å². The van der Waals surface area contributed by atoms with Crippen molar-refractivity contribution in [2.75, 3.05) is 32.1 Å². The third-order valence-corrected chi connectivity index (χ3v) is 4.84. The Morgan fingerprint density at radius 2 is 2.00 bits per heavy atom. The lowest BCUT2D eigenvalue weighted by Crippen LogP contribution is -2.38. The van der Waals surface area contributed by atoms with Crippen molar-refractivity contribution >= 4 is 23.4 Å². The van der Waals surface area contributed by atoms with Gasteiger partial charge in [0.05, 0.1) is 31.9 Å². The van der Waals surface area contributed by atoms with Gasteiger partial charge < -0.3 is 20.3 Å². The average molecular weight is 432 g/mol. The molecule has 1 aliphatic heterocycles. The van der Waals surface area contributed by atoms with E-state index in [1.54, 1.807) is 24.3 Å². The fraction of sp³-hybridized carbons (Fsp3) is 0.450. The van der Waals surface area contributed by atoms with E-state index < -0.39 is 12.2 Å². The molecule has 0 spiro atoms. The summed E-state index contributed by atoms with van der Waals surface area (Å²) in [6.45, 7) is 2.32. The Bertz CT molecular complexity index is 932. The highest BCUT2D eigenvalue weighted by molar-refractivity contribution is 5.96. The summed E-state index contributed by atoms with van der Waals surface area (Å²) in [7, 11) is 1.53. The van der Waals surface area contributed by atoms with Gasteiger partial charge in [0.2, 0.25) is 5.91 Å². The summed E-state index contributed by atoms with van der Waals surface area (Å²) < 4.78 is 20.5. The molecule has 2 N–H and O–H groups in total. The summed E-state index contributed by atoms with van der Waals surface area (Å²) in [5, 5.41) is 13.1. The molecule has 2 atom stereocenters. The van der Waals surface area contributed by atoms with E-state index in [4.69, 9.17) is 4.74 Å². The number of nitrogens with zero attached hydrogens (tertiary/aromatic N) is 4. The van der Waals surface area contributed by atoms with Gasteiger partial charge in [0.15, 0.2) is 5.69 Å². The van der Waals surface area contributed by atoms with E-state index in [1.807, 2.05) is 0 Å². The first-order valence-electron chi connectivity index (χ1n) is 9.87. The molecule has 1 fully saturated rings. The van der Waals surface area contributed by atoms with Crippen LogP contribution in [0.15, 0.2) is 30.5 Å². The SMILES string of the molecule is COCCNC(=O)c1cn(C[C@@H]2C[C@H](F)CN2C(=O)c2ccc(NC(C)=O)cc2)nn1. The van der Waals surface area contributed by atoms with E-state index in [-0.39, 0.29) is 42.9 Å². The van der Waals surface area contributed by atoms with E-state index in [2.05, 4.69) is 20.9 Å². The van der Waals surface area contributed by atoms with Crippen molar-refractivity contribution in [1.29, 1.82) is 0 Å². The van der Waals surface area contributed by atoms with Gasteiger partial charge in [-0.3, -0.25) is 14.4 Å². The van der Waals surface area contributed by atoms with Crippen LogP contribution < -0.4 is 10.6 Å². The smallest absolute Gasteiger partial charge is 0.273 e. The molecule has 3 rings (SSSR count). The summed E-state index contributed by atoms with van der Waals surface area (Å²) >= 11 is 0. The maximum Gasteiger partial charge on any atom is 0.273 e. The van der Waals surface area contributed by atoms with Gasteiger partial charge >= 0.3 is 0 Å². The van der Waals surface area contributed by atoms with Crippen LogP contribution in [0.4, 0.5) is 10.1 Å². The number of benzene rings is 1. The zero-order valence-electron chi connectivity index (χ0n) is 17.4. The zero-order valence-corrected chi connectivity index (χ0v) is 17.4. The molecule has 11 heteroatoms. The molecule has 2 aromatic rings. The van der Waals surface area contributed by atoms with Crippen LogP contribution in [0.25, 0.3) is 0 Å². The van der Waals surface area contributed by atoms with Crippen LogP contribution >= 0.6 is 0 Å². The first-order chi connectivity index (χ1) is 14.9. The topological polar surface area (TPSA) is 118 Å². The minimum atomic E-state index is -1.15. The molecular formula is C20H25FN6O4. The maximum atomic E-state index is 14.2. The first kappa shape index (κ1) is 22.3. The van der Waals surface area contributed by atoms with Crippen molar-refractivity contribution in [2.24, 2.45) is 0 Å². The Morgan fingerprint density at radius 3 is 2.68 bits per heavy atom. The lowest BCUT2D eigenvalue weighted by atomic mass is 10.1. The number of anilines is 1. The Hall–Kier alpha value is -3.34. The van der Waals surface area contributed by atoms with E-state index in [9.17, 15) is 18.8 Å². The van der Waals surface area contributed by atoms with Crippen LogP contribution in [-0.4, -0.2) is 76.6 Å². The Balaban J connectivity index is 1.65. The number of ether oxygens (including phenoxy) is 1. The molecule has 2 heterocycles. The molecule has 1 saturated heterocycles. The van der Waals surface area contributed by atoms with Gasteiger partial charge in [0.25, 0.3) is 11.8 Å². The monoisotopic (exact) mass is 432 g/mol. The second-order valence-corrected chi connectivity index (χ2v) is 7.28. The van der Waals surface area contributed by atoms with Gasteiger partial charge in [-0.1, -0.05) is 5.21 Å². The van der Waals surface area contributed by atoms with Crippen molar-refractivity contribution in [1.82, 2.24) is 25.2 Å². The molecule has 3 amide bonds. The molecule has 1 aliphatic rings. The summed E-state index contributed by atoms with van der Waals surface area (Å²) in [6.07, 6.45) is 0.497. The Labute approximate surface area is 178 Å². The number of halogens is 1. The number of rotatable bonds is 8. The summed E-state index contributed by atoms with van der Waals surface area (Å²) in [6, 6.07) is 6.00. The predicted molar refractivity (Wildman–Crippen MR) is 109 cm³/mol. The van der Waals surface area contributed by atoms with E-state index in [1.165, 1.54) is 29.8 Å². The Kier molecular flexibility index (Phi) is 7.29. The molecule has 1 aromatic heterocycles. The second-order valence-electron chi connectivity index (χ2n) is 7.28. The summed E-state index contributed by atoms with van der Waals surface area (Å²) in [5.74, 6) is -0.902. The number of aromatic nitrogens is 3. The van der Waals surface area contributed by atoms with Crippen LogP contribution in [0.5, 0.6) is 0 Å². The van der Waals surface area contributed by atoms with Gasteiger partial charge in [0, 0.05) is 38.2 Å². The quantitative estimate of drug-likeness (QED) is 0.598. The number of alkyl halides is 1. The fourth-order valence-corrected chi connectivity index (χ4v) is 3.41. The molecule has 0 radical (unpaired) electrons. The van der Waals surface area contributed by atoms with E-state index in [0.717, 1.165) is 0 Å². The molecule has 166 valence electrons. The van der Waals surface area contributed by atoms with Crippen LogP contribution in [0.2, 0.25) is 0 Å². The molecule has 31 heavy (non-hydrogen) atoms. The standard InChI is InChI=1S/C20H25FN6O4/c1-13(28)23-16-5-3-14(4-6-16)20(30)27-10-15(21)9-17(27)11-26-12-18(24-25-26)19(29)22-7-8-31-2/h3-6,12,15,17H,7-11H2,1-2H3,(H,22,29)(H,23,28)/t15-,17-/m0/s1. The first-order valence-corrected chi connectivity index (χ1v) is 9.87. The molecule has 0 unspecified atom stereocenters. The molecule has 0 aliphatic carbocycles. The lowest BCUT2D eigenvalue weighted by molar-refractivity contribution is -0.114. The van der Waals surface area contributed by atoms with Gasteiger partial charge in [0.1, 0.15) is 6.17 Å². The lowest BCUT2D eigenvalue weighted by Gasteiger charge is -2.24. The number of nitrogens with one attached hydrogen (secondary N) is 2. The fourth-order valence-electron chi connectivity index (χ4n) is 3.41. The van der Waals surface area contributed by atoms with Crippen molar-refractivity contribution in [3.8, 4) is 0 Å². The highest BCUT2D eigenvalue weighted by Crippen LogP contribution is 2.24. The van der Waals surface area contributed by atoms with Crippen molar-refractivity contribution in [3.63, 3.8) is 0 Å². The highest BCUT2D eigenvalue weighted by Gasteiger charge is 2.36. The Morgan fingerprint density at radius 1 is 1.26 bits per heavy atom. The van der Waals surface area contributed by atoms with Crippen LogP contribution in [-0.2, 0) is 16.1 Å². The number of methoxy groups -OCH3 is 1. The third kappa shape index (κ3) is 5.85. The van der Waals surface area contributed by atoms with Crippen LogP contribution in [0.1, 0.15) is 34.2 Å². The molecule has 0 bridgehead atoms. The van der Waals surface area contributed by atoms with Gasteiger partial charge in [-0.05, 0) is 24.3 Å². The van der Waals surface area contributed by atoms with E-state index >= 15 is 0 Å². The number of carbonyl (C=O) groups is 3. The molecular weight excluding hydrogens is 407 g/mol. The molecule has 0 saturated carbocycles. The van der Waals surface area contributed by atoms with Crippen molar-refractivity contribution in [2.45, 2.75) is 32.1 Å². The number of carbonyl (C=O) groups excluding carboxylic acids is 3. The van der Waals surface area contributed by atoms with Crippen molar-refractivity contribution < 1.29 is 23.5 Å². The summed E-state index contributed by atoms with van der Waals surface area (Å²) in [4.78, 5) is 37.6. The molecule has 1 aromatic carbocycles. The van der Waals surface area contributed by atoms with Gasteiger partial charge in [-0.25, -0.2) is 9.07 Å². The minimum absolute atomic E-state index is 0.0179. The maximum absolute atomic E-state index is 14.2. The number of likely N-dealkylation sites (tertiary alicyclic amines) is 1. The number of hydrogen-bond acceptors (Lipinski definition) is 6. The second kappa shape index (κ2) is 10.1. The largest absolute Gasteiger partial charge is 0.383 e. The summed E-state index contributed by atoms with van der Waals surface area (Å²) in [5.41, 5.74) is 1.10. The van der Waals surface area contributed by atoms with Gasteiger partial charge in [-0.15, -0.1) is 5.10 Å².